The Morgan fingerprint density at radius 3 is 2.54 bits per heavy atom. The lowest BCUT2D eigenvalue weighted by Crippen LogP contribution is -2.48. The van der Waals surface area contributed by atoms with Crippen LogP contribution in [0.4, 0.5) is 0 Å². The fourth-order valence-corrected chi connectivity index (χ4v) is 3.79. The molecule has 2 aromatic rings. The van der Waals surface area contributed by atoms with Crippen LogP contribution in [0.2, 0.25) is 0 Å². The van der Waals surface area contributed by atoms with Gasteiger partial charge in [-0.15, -0.1) is 0 Å². The molecule has 2 atom stereocenters. The highest BCUT2D eigenvalue weighted by molar-refractivity contribution is 6.01. The number of carbonyl (C=O) groups is 1. The number of hydrogen-bond donors (Lipinski definition) is 0. The molecule has 1 saturated heterocycles. The second-order valence-corrected chi connectivity index (χ2v) is 6.96. The number of amides is 1. The lowest BCUT2D eigenvalue weighted by Gasteiger charge is -2.35. The number of rotatable bonds is 4. The van der Waals surface area contributed by atoms with Crippen molar-refractivity contribution in [3.8, 4) is 0 Å². The molecular formula is C20H28N2O2. The summed E-state index contributed by atoms with van der Waals surface area (Å²) in [6, 6.07) is 8.35. The van der Waals surface area contributed by atoms with E-state index in [0.29, 0.717) is 13.1 Å². The van der Waals surface area contributed by atoms with E-state index in [1.54, 1.807) is 0 Å². The summed E-state index contributed by atoms with van der Waals surface area (Å²) in [5.74, 6) is 0.141. The molecule has 0 saturated carbocycles. The lowest BCUT2D eigenvalue weighted by molar-refractivity contribution is -0.0588. The zero-order chi connectivity index (χ0) is 17.3. The maximum Gasteiger partial charge on any atom is 0.270 e. The Kier molecular flexibility index (Phi) is 4.95. The van der Waals surface area contributed by atoms with Gasteiger partial charge in [-0.05, 0) is 38.8 Å². The highest BCUT2D eigenvalue weighted by Gasteiger charge is 2.30. The Balaban J connectivity index is 2.03. The van der Waals surface area contributed by atoms with Gasteiger partial charge in [-0.1, -0.05) is 31.5 Å². The van der Waals surface area contributed by atoms with Crippen LogP contribution < -0.4 is 0 Å². The Morgan fingerprint density at radius 1 is 1.21 bits per heavy atom. The summed E-state index contributed by atoms with van der Waals surface area (Å²) < 4.78 is 8.01. The fourth-order valence-electron chi connectivity index (χ4n) is 3.79. The van der Waals surface area contributed by atoms with Gasteiger partial charge >= 0.3 is 0 Å². The molecule has 0 N–H and O–H groups in total. The molecule has 2 unspecified atom stereocenters. The second-order valence-electron chi connectivity index (χ2n) is 6.96. The van der Waals surface area contributed by atoms with E-state index in [1.807, 2.05) is 24.8 Å². The summed E-state index contributed by atoms with van der Waals surface area (Å²) in [6.45, 7) is 10.6. The van der Waals surface area contributed by atoms with E-state index < -0.39 is 0 Å². The summed E-state index contributed by atoms with van der Waals surface area (Å²) in [5.41, 5.74) is 3.12. The van der Waals surface area contributed by atoms with Crippen molar-refractivity contribution in [2.24, 2.45) is 0 Å². The topological polar surface area (TPSA) is 34.5 Å². The average molecular weight is 328 g/mol. The maximum atomic E-state index is 13.3. The van der Waals surface area contributed by atoms with Gasteiger partial charge in [0.1, 0.15) is 5.69 Å². The first kappa shape index (κ1) is 17.0. The lowest BCUT2D eigenvalue weighted by atomic mass is 10.1. The van der Waals surface area contributed by atoms with E-state index in [9.17, 15) is 4.79 Å². The molecule has 0 aliphatic carbocycles. The van der Waals surface area contributed by atoms with Gasteiger partial charge in [-0.25, -0.2) is 0 Å². The Bertz CT molecular complexity index is 725. The molecule has 130 valence electrons. The molecule has 0 radical (unpaired) electrons. The molecule has 1 aromatic heterocycles. The van der Waals surface area contributed by atoms with E-state index in [2.05, 4.69) is 36.6 Å². The molecule has 0 bridgehead atoms. The summed E-state index contributed by atoms with van der Waals surface area (Å²) in [7, 11) is 0. The molecule has 1 aromatic carbocycles. The number of aromatic nitrogens is 1. The minimum absolute atomic E-state index is 0.0893. The number of para-hydroxylation sites is 1. The molecule has 0 spiro atoms. The average Bonchev–Trinajstić information content (AvgIpc) is 2.84. The van der Waals surface area contributed by atoms with Crippen molar-refractivity contribution in [1.82, 2.24) is 9.47 Å². The quantitative estimate of drug-likeness (QED) is 0.850. The third-order valence-electron chi connectivity index (χ3n) is 4.87. The molecule has 1 aliphatic heterocycles. The first-order chi connectivity index (χ1) is 11.5. The van der Waals surface area contributed by atoms with Gasteiger partial charge in [0.05, 0.1) is 12.2 Å². The zero-order valence-corrected chi connectivity index (χ0v) is 15.2. The summed E-state index contributed by atoms with van der Waals surface area (Å²) in [5, 5.41) is 1.19. The number of ether oxygens (including phenoxy) is 1. The molecule has 4 nitrogen and oxygen atoms in total. The van der Waals surface area contributed by atoms with Gasteiger partial charge in [0.2, 0.25) is 0 Å². The predicted octanol–water partition coefficient (Wildman–Crippen LogP) is 4.00. The van der Waals surface area contributed by atoms with Crippen LogP contribution in [0.3, 0.4) is 0 Å². The van der Waals surface area contributed by atoms with Crippen LogP contribution in [-0.2, 0) is 11.3 Å². The zero-order valence-electron chi connectivity index (χ0n) is 15.2. The van der Waals surface area contributed by atoms with Crippen molar-refractivity contribution in [2.45, 2.75) is 59.3 Å². The third-order valence-corrected chi connectivity index (χ3v) is 4.87. The van der Waals surface area contributed by atoms with Gasteiger partial charge in [-0.2, -0.15) is 0 Å². The van der Waals surface area contributed by atoms with Crippen molar-refractivity contribution < 1.29 is 9.53 Å². The molecule has 24 heavy (non-hydrogen) atoms. The van der Waals surface area contributed by atoms with E-state index >= 15 is 0 Å². The first-order valence-corrected chi connectivity index (χ1v) is 9.05. The van der Waals surface area contributed by atoms with Crippen LogP contribution in [0.25, 0.3) is 10.9 Å². The number of carbonyl (C=O) groups excluding carboxylic acids is 1. The van der Waals surface area contributed by atoms with E-state index in [-0.39, 0.29) is 18.1 Å². The number of fused-ring (bicyclic) bond motifs is 1. The van der Waals surface area contributed by atoms with Gasteiger partial charge < -0.3 is 14.2 Å². The molecule has 4 heteroatoms. The summed E-state index contributed by atoms with van der Waals surface area (Å²) in [6.07, 6.45) is 2.37. The number of morpholine rings is 1. The third kappa shape index (κ3) is 3.07. The molecule has 1 aliphatic rings. The SMILES string of the molecule is CCCCn1c(C(=O)N2CC(C)OC(C)C2)c(C)c2ccccc21. The predicted molar refractivity (Wildman–Crippen MR) is 97.5 cm³/mol. The van der Waals surface area contributed by atoms with Crippen LogP contribution >= 0.6 is 0 Å². The number of nitrogens with zero attached hydrogens (tertiary/aromatic N) is 2. The van der Waals surface area contributed by atoms with Crippen molar-refractivity contribution in [3.05, 3.63) is 35.5 Å². The molecule has 3 rings (SSSR count). The van der Waals surface area contributed by atoms with Crippen LogP contribution in [-0.4, -0.2) is 40.7 Å². The van der Waals surface area contributed by atoms with Crippen LogP contribution in [0.1, 0.15) is 49.7 Å². The Hall–Kier alpha value is -1.81. The van der Waals surface area contributed by atoms with Crippen LogP contribution in [0.15, 0.2) is 24.3 Å². The molecule has 2 heterocycles. The van der Waals surface area contributed by atoms with Gasteiger partial charge in [-0.3, -0.25) is 4.79 Å². The normalized spacial score (nSPS) is 21.4. The van der Waals surface area contributed by atoms with Crippen LogP contribution in [0, 0.1) is 6.92 Å². The summed E-state index contributed by atoms with van der Waals surface area (Å²) in [4.78, 5) is 15.3. The van der Waals surface area contributed by atoms with Crippen molar-refractivity contribution >= 4 is 16.8 Å². The fraction of sp³-hybridized carbons (Fsp3) is 0.550. The second kappa shape index (κ2) is 6.98. The first-order valence-electron chi connectivity index (χ1n) is 9.05. The number of aryl methyl sites for hydroxylation is 2. The van der Waals surface area contributed by atoms with Crippen molar-refractivity contribution in [1.29, 1.82) is 0 Å². The molecule has 1 amide bonds. The van der Waals surface area contributed by atoms with Crippen molar-refractivity contribution in [2.75, 3.05) is 13.1 Å². The largest absolute Gasteiger partial charge is 0.372 e. The van der Waals surface area contributed by atoms with E-state index in [4.69, 9.17) is 4.74 Å². The number of hydrogen-bond acceptors (Lipinski definition) is 2. The highest BCUT2D eigenvalue weighted by atomic mass is 16.5. The molecular weight excluding hydrogens is 300 g/mol. The molecule has 1 fully saturated rings. The minimum atomic E-state index is 0.0893. The highest BCUT2D eigenvalue weighted by Crippen LogP contribution is 2.28. The minimum Gasteiger partial charge on any atom is -0.372 e. The maximum absolute atomic E-state index is 13.3. The van der Waals surface area contributed by atoms with Crippen LogP contribution in [0.5, 0.6) is 0 Å². The van der Waals surface area contributed by atoms with Crippen molar-refractivity contribution in [3.63, 3.8) is 0 Å². The number of unbranched alkanes of at least 4 members (excludes halogenated alkanes) is 1. The van der Waals surface area contributed by atoms with E-state index in [0.717, 1.165) is 30.6 Å². The van der Waals surface area contributed by atoms with Gasteiger partial charge in [0.15, 0.2) is 0 Å². The van der Waals surface area contributed by atoms with E-state index in [1.165, 1.54) is 10.9 Å². The smallest absolute Gasteiger partial charge is 0.270 e. The standard InChI is InChI=1S/C20H28N2O2/c1-5-6-11-22-18-10-8-7-9-17(18)16(4)19(22)20(23)21-12-14(2)24-15(3)13-21/h7-10,14-15H,5-6,11-13H2,1-4H3. The monoisotopic (exact) mass is 328 g/mol. The van der Waals surface area contributed by atoms with Gasteiger partial charge in [0, 0.05) is 30.5 Å². The number of benzene rings is 1. The van der Waals surface area contributed by atoms with Gasteiger partial charge in [0.25, 0.3) is 5.91 Å². The summed E-state index contributed by atoms with van der Waals surface area (Å²) >= 11 is 0. The Labute approximate surface area is 144 Å². The Morgan fingerprint density at radius 2 is 1.88 bits per heavy atom.